The molecule has 2 aliphatic heterocycles. The predicted molar refractivity (Wildman–Crippen MR) is 97.9 cm³/mol. The average Bonchev–Trinajstić information content (AvgIpc) is 3.26. The van der Waals surface area contributed by atoms with Crippen molar-refractivity contribution in [2.75, 3.05) is 53.4 Å². The number of piperazine rings is 1. The summed E-state index contributed by atoms with van der Waals surface area (Å²) >= 11 is 0. The number of benzene rings is 1. The van der Waals surface area contributed by atoms with E-state index in [0.717, 1.165) is 25.2 Å². The van der Waals surface area contributed by atoms with Crippen LogP contribution in [0.3, 0.4) is 0 Å². The number of ether oxygens (including phenoxy) is 1. The first-order chi connectivity index (χ1) is 12.6. The number of aromatic nitrogens is 2. The molecule has 1 aromatic carbocycles. The van der Waals surface area contributed by atoms with Crippen molar-refractivity contribution in [1.29, 1.82) is 5.41 Å². The van der Waals surface area contributed by atoms with Gasteiger partial charge in [-0.15, -0.1) is 0 Å². The summed E-state index contributed by atoms with van der Waals surface area (Å²) in [5.74, 6) is 1.26. The number of aliphatic imine (C=N–C) groups is 1. The summed E-state index contributed by atoms with van der Waals surface area (Å²) in [5.41, 5.74) is 1.49. The van der Waals surface area contributed by atoms with E-state index >= 15 is 0 Å². The normalized spacial score (nSPS) is 18.1. The molecule has 2 aliphatic rings. The Labute approximate surface area is 151 Å². The van der Waals surface area contributed by atoms with Crippen molar-refractivity contribution in [3.63, 3.8) is 0 Å². The summed E-state index contributed by atoms with van der Waals surface area (Å²) in [6, 6.07) is 5.31. The van der Waals surface area contributed by atoms with Gasteiger partial charge in [-0.2, -0.15) is 0 Å². The number of hydrogen-bond donors (Lipinski definition) is 2. The molecule has 0 bridgehead atoms. The lowest BCUT2D eigenvalue weighted by atomic mass is 10.3. The van der Waals surface area contributed by atoms with Crippen molar-refractivity contribution in [2.24, 2.45) is 4.99 Å². The maximum absolute atomic E-state index is 13.2. The highest BCUT2D eigenvalue weighted by molar-refractivity contribution is 5.97. The largest absolute Gasteiger partial charge is 0.497 e. The van der Waals surface area contributed by atoms with E-state index in [4.69, 9.17) is 10.1 Å². The first-order valence-corrected chi connectivity index (χ1v) is 8.73. The van der Waals surface area contributed by atoms with Crippen molar-refractivity contribution in [2.45, 2.75) is 0 Å². The van der Waals surface area contributed by atoms with Crippen LogP contribution in [0.5, 0.6) is 5.75 Å². The third kappa shape index (κ3) is 2.64. The van der Waals surface area contributed by atoms with Crippen molar-refractivity contribution >= 4 is 23.0 Å². The van der Waals surface area contributed by atoms with E-state index in [2.05, 4.69) is 15.2 Å². The van der Waals surface area contributed by atoms with Crippen LogP contribution in [-0.4, -0.2) is 84.4 Å². The van der Waals surface area contributed by atoms with E-state index in [1.54, 1.807) is 22.6 Å². The number of imidazole rings is 1. The smallest absolute Gasteiger partial charge is 0.331 e. The zero-order chi connectivity index (χ0) is 18.3. The van der Waals surface area contributed by atoms with Crippen LogP contribution in [0.1, 0.15) is 0 Å². The van der Waals surface area contributed by atoms with Gasteiger partial charge < -0.3 is 19.9 Å². The van der Waals surface area contributed by atoms with Crippen LogP contribution in [0.25, 0.3) is 11.0 Å². The maximum atomic E-state index is 13.2. The lowest BCUT2D eigenvalue weighted by Crippen LogP contribution is -2.50. The molecule has 138 valence electrons. The quantitative estimate of drug-likeness (QED) is 0.749. The van der Waals surface area contributed by atoms with Crippen LogP contribution in [0.15, 0.2) is 23.2 Å². The first-order valence-electron chi connectivity index (χ1n) is 8.73. The molecule has 2 N–H and O–H groups in total. The molecule has 0 aliphatic carbocycles. The van der Waals surface area contributed by atoms with E-state index in [1.807, 2.05) is 19.2 Å². The van der Waals surface area contributed by atoms with Gasteiger partial charge in [-0.3, -0.25) is 10.4 Å². The Bertz CT molecular complexity index is 934. The van der Waals surface area contributed by atoms with Gasteiger partial charge in [0, 0.05) is 38.8 Å². The number of hydrogen-bond acceptors (Lipinski definition) is 6. The van der Waals surface area contributed by atoms with Gasteiger partial charge in [0.1, 0.15) is 5.75 Å². The molecule has 1 saturated heterocycles. The molecule has 1 fully saturated rings. The Morgan fingerprint density at radius 2 is 2.00 bits per heavy atom. The van der Waals surface area contributed by atoms with Crippen LogP contribution in [0, 0.1) is 5.41 Å². The van der Waals surface area contributed by atoms with Gasteiger partial charge >= 0.3 is 6.03 Å². The summed E-state index contributed by atoms with van der Waals surface area (Å²) in [5, 5.41) is 11.9. The SMILES string of the molecule is COc1ccc2c(c1)n(C(=O)N1CCN(C)CC1)c(=N)n2C1=NCCN1. The first kappa shape index (κ1) is 16.6. The lowest BCUT2D eigenvalue weighted by Gasteiger charge is -2.32. The number of nitrogens with zero attached hydrogens (tertiary/aromatic N) is 5. The van der Waals surface area contributed by atoms with Crippen LogP contribution in [0.4, 0.5) is 4.79 Å². The summed E-state index contributed by atoms with van der Waals surface area (Å²) < 4.78 is 8.47. The highest BCUT2D eigenvalue weighted by atomic mass is 16.5. The lowest BCUT2D eigenvalue weighted by molar-refractivity contribution is 0.155. The van der Waals surface area contributed by atoms with Crippen LogP contribution >= 0.6 is 0 Å². The van der Waals surface area contributed by atoms with Gasteiger partial charge in [-0.1, -0.05) is 0 Å². The third-order valence-corrected chi connectivity index (χ3v) is 4.92. The fourth-order valence-electron chi connectivity index (χ4n) is 3.41. The summed E-state index contributed by atoms with van der Waals surface area (Å²) in [7, 11) is 3.64. The topological polar surface area (TPSA) is 90.9 Å². The number of amides is 1. The summed E-state index contributed by atoms with van der Waals surface area (Å²) in [4.78, 5) is 21.6. The summed E-state index contributed by atoms with van der Waals surface area (Å²) in [6.07, 6.45) is 0. The molecule has 0 spiro atoms. The number of methoxy groups -OCH3 is 1. The van der Waals surface area contributed by atoms with E-state index in [0.29, 0.717) is 36.9 Å². The number of rotatable bonds is 1. The van der Waals surface area contributed by atoms with Gasteiger partial charge in [0.25, 0.3) is 0 Å². The third-order valence-electron chi connectivity index (χ3n) is 4.92. The molecule has 0 unspecified atom stereocenters. The molecule has 1 aromatic heterocycles. The molecule has 4 rings (SSSR count). The number of nitrogens with one attached hydrogen (secondary N) is 2. The van der Waals surface area contributed by atoms with Crippen molar-refractivity contribution < 1.29 is 9.53 Å². The average molecular weight is 357 g/mol. The van der Waals surface area contributed by atoms with E-state index in [9.17, 15) is 4.79 Å². The Balaban J connectivity index is 1.86. The molecular weight excluding hydrogens is 334 g/mol. The van der Waals surface area contributed by atoms with Crippen molar-refractivity contribution in [1.82, 2.24) is 24.3 Å². The van der Waals surface area contributed by atoms with Crippen LogP contribution in [0.2, 0.25) is 0 Å². The highest BCUT2D eigenvalue weighted by Gasteiger charge is 2.26. The Hall–Kier alpha value is -2.81. The number of fused-ring (bicyclic) bond motifs is 1. The van der Waals surface area contributed by atoms with Gasteiger partial charge in [-0.25, -0.2) is 13.9 Å². The molecule has 0 atom stereocenters. The zero-order valence-corrected chi connectivity index (χ0v) is 15.0. The monoisotopic (exact) mass is 357 g/mol. The molecular formula is C17H23N7O2. The second-order valence-electron chi connectivity index (χ2n) is 6.55. The molecule has 3 heterocycles. The molecule has 1 amide bonds. The number of likely N-dealkylation sites (N-methyl/N-ethyl adjacent to an activating group) is 1. The van der Waals surface area contributed by atoms with E-state index in [-0.39, 0.29) is 11.6 Å². The minimum Gasteiger partial charge on any atom is -0.497 e. The van der Waals surface area contributed by atoms with E-state index < -0.39 is 0 Å². The van der Waals surface area contributed by atoms with Gasteiger partial charge in [-0.05, 0) is 19.2 Å². The highest BCUT2D eigenvalue weighted by Crippen LogP contribution is 2.21. The fourth-order valence-corrected chi connectivity index (χ4v) is 3.41. The maximum Gasteiger partial charge on any atom is 0.331 e. The van der Waals surface area contributed by atoms with Crippen molar-refractivity contribution in [3.05, 3.63) is 23.8 Å². The molecule has 0 saturated carbocycles. The number of carbonyl (C=O) groups is 1. The summed E-state index contributed by atoms with van der Waals surface area (Å²) in [6.45, 7) is 4.36. The van der Waals surface area contributed by atoms with Gasteiger partial charge in [0.15, 0.2) is 0 Å². The van der Waals surface area contributed by atoms with Crippen LogP contribution in [-0.2, 0) is 0 Å². The standard InChI is InChI=1S/C17H23N7O2/c1-21-7-9-22(10-8-21)17(25)24-14-11-12(26-2)3-4-13(14)23(15(24)18)16-19-5-6-20-16/h3-4,11,18H,5-10H2,1-2H3,(H,19,20). The molecule has 2 aromatic rings. The van der Waals surface area contributed by atoms with Gasteiger partial charge in [0.05, 0.1) is 24.7 Å². The Morgan fingerprint density at radius 3 is 2.65 bits per heavy atom. The second-order valence-corrected chi connectivity index (χ2v) is 6.55. The molecule has 9 nitrogen and oxygen atoms in total. The fraction of sp³-hybridized carbons (Fsp3) is 0.471. The van der Waals surface area contributed by atoms with Crippen molar-refractivity contribution in [3.8, 4) is 5.75 Å². The number of carbonyl (C=O) groups excluding carboxylic acids is 1. The second kappa shape index (κ2) is 6.49. The van der Waals surface area contributed by atoms with Crippen LogP contribution < -0.4 is 15.7 Å². The predicted octanol–water partition coefficient (Wildman–Crippen LogP) is -0.0463. The van der Waals surface area contributed by atoms with E-state index in [1.165, 1.54) is 4.57 Å². The zero-order valence-electron chi connectivity index (χ0n) is 15.0. The molecule has 26 heavy (non-hydrogen) atoms. The Morgan fingerprint density at radius 1 is 1.23 bits per heavy atom. The van der Waals surface area contributed by atoms with Gasteiger partial charge in [0.2, 0.25) is 11.6 Å². The molecule has 9 heteroatoms. The minimum absolute atomic E-state index is 0.0883. The Kier molecular flexibility index (Phi) is 4.15. The minimum atomic E-state index is -0.182. The molecule has 0 radical (unpaired) electrons.